The van der Waals surface area contributed by atoms with Gasteiger partial charge in [0.1, 0.15) is 10.7 Å². The quantitative estimate of drug-likeness (QED) is 0.884. The fraction of sp³-hybridized carbons (Fsp3) is 0.333. The van der Waals surface area contributed by atoms with Crippen LogP contribution in [0, 0.1) is 5.82 Å². The van der Waals surface area contributed by atoms with Crippen LogP contribution in [0.3, 0.4) is 0 Å². The number of hydrogen-bond donors (Lipinski definition) is 1. The largest absolute Gasteiger partial charge is 0.448 e. The van der Waals surface area contributed by atoms with E-state index in [1.165, 1.54) is 19.1 Å². The summed E-state index contributed by atoms with van der Waals surface area (Å²) < 4.78 is 19.4. The predicted octanol–water partition coefficient (Wildman–Crippen LogP) is 2.86. The molecule has 1 aliphatic carbocycles. The second-order valence-electron chi connectivity index (χ2n) is 5.09. The first-order chi connectivity index (χ1) is 10.0. The smallest absolute Gasteiger partial charge is 0.349 e. The molecule has 110 valence electrons. The van der Waals surface area contributed by atoms with E-state index < -0.39 is 12.1 Å². The topological polar surface area (TPSA) is 55.4 Å². The molecule has 1 fully saturated rings. The minimum Gasteiger partial charge on any atom is -0.448 e. The lowest BCUT2D eigenvalue weighted by Gasteiger charge is -2.12. The van der Waals surface area contributed by atoms with Gasteiger partial charge >= 0.3 is 5.97 Å². The molecule has 4 nitrogen and oxygen atoms in total. The van der Waals surface area contributed by atoms with E-state index in [4.69, 9.17) is 4.74 Å². The van der Waals surface area contributed by atoms with Crippen LogP contribution in [0.25, 0.3) is 10.1 Å². The molecule has 3 rings (SSSR count). The molecule has 0 aliphatic heterocycles. The third-order valence-corrected chi connectivity index (χ3v) is 4.37. The molecule has 0 unspecified atom stereocenters. The number of nitrogens with one attached hydrogen (secondary N) is 1. The van der Waals surface area contributed by atoms with E-state index in [1.807, 2.05) is 0 Å². The molecule has 1 N–H and O–H groups in total. The van der Waals surface area contributed by atoms with Crippen molar-refractivity contribution >= 4 is 33.3 Å². The number of esters is 1. The second kappa shape index (κ2) is 5.44. The van der Waals surface area contributed by atoms with E-state index in [2.05, 4.69) is 5.32 Å². The molecule has 1 atom stereocenters. The number of carbonyl (C=O) groups is 2. The van der Waals surface area contributed by atoms with Gasteiger partial charge < -0.3 is 10.1 Å². The Morgan fingerprint density at radius 2 is 2.19 bits per heavy atom. The summed E-state index contributed by atoms with van der Waals surface area (Å²) in [5.41, 5.74) is 0. The average molecular weight is 307 g/mol. The van der Waals surface area contributed by atoms with Crippen molar-refractivity contribution in [2.45, 2.75) is 31.9 Å². The number of hydrogen-bond acceptors (Lipinski definition) is 4. The van der Waals surface area contributed by atoms with Gasteiger partial charge in [-0.1, -0.05) is 6.07 Å². The Morgan fingerprint density at radius 3 is 2.86 bits per heavy atom. The molecular weight excluding hydrogens is 293 g/mol. The molecule has 2 aromatic rings. The lowest BCUT2D eigenvalue weighted by Crippen LogP contribution is -2.36. The van der Waals surface area contributed by atoms with Crippen LogP contribution in [0.1, 0.15) is 29.4 Å². The van der Waals surface area contributed by atoms with Crippen molar-refractivity contribution < 1.29 is 18.7 Å². The van der Waals surface area contributed by atoms with Crippen LogP contribution in [0.15, 0.2) is 24.3 Å². The first-order valence-corrected chi connectivity index (χ1v) is 7.55. The fourth-order valence-corrected chi connectivity index (χ4v) is 2.90. The maximum atomic E-state index is 13.6. The van der Waals surface area contributed by atoms with Crippen LogP contribution in [0.2, 0.25) is 0 Å². The van der Waals surface area contributed by atoms with E-state index >= 15 is 0 Å². The van der Waals surface area contributed by atoms with Crippen LogP contribution in [0.5, 0.6) is 0 Å². The highest BCUT2D eigenvalue weighted by molar-refractivity contribution is 7.20. The number of ether oxygens (including phenoxy) is 1. The zero-order valence-electron chi connectivity index (χ0n) is 11.4. The van der Waals surface area contributed by atoms with E-state index in [1.54, 1.807) is 12.1 Å². The predicted molar refractivity (Wildman–Crippen MR) is 77.8 cm³/mol. The standard InChI is InChI=1S/C15H14FNO3S/c1-8(14(18)17-9-5-6-9)20-15(19)13-7-10-11(16)3-2-4-12(10)21-13/h2-4,7-9H,5-6H2,1H3,(H,17,18)/t8-/m1/s1. The summed E-state index contributed by atoms with van der Waals surface area (Å²) in [6.07, 6.45) is 1.09. The SMILES string of the molecule is C[C@@H](OC(=O)c1cc2c(F)cccc2s1)C(=O)NC1CC1. The summed E-state index contributed by atoms with van der Waals surface area (Å²) >= 11 is 1.15. The van der Waals surface area contributed by atoms with Gasteiger partial charge in [0.25, 0.3) is 5.91 Å². The molecular formula is C15H14FNO3S. The maximum absolute atomic E-state index is 13.6. The Hall–Kier alpha value is -1.95. The molecule has 1 aliphatic rings. The molecule has 0 spiro atoms. The highest BCUT2D eigenvalue weighted by Gasteiger charge is 2.27. The van der Waals surface area contributed by atoms with Gasteiger partial charge in [-0.15, -0.1) is 11.3 Å². The van der Waals surface area contributed by atoms with E-state index in [0.717, 1.165) is 24.2 Å². The summed E-state index contributed by atoms with van der Waals surface area (Å²) in [7, 11) is 0. The summed E-state index contributed by atoms with van der Waals surface area (Å²) in [4.78, 5) is 24.1. The lowest BCUT2D eigenvalue weighted by atomic mass is 10.2. The van der Waals surface area contributed by atoms with E-state index in [9.17, 15) is 14.0 Å². The summed E-state index contributed by atoms with van der Waals surface area (Å²) in [6, 6.07) is 6.36. The Kier molecular flexibility index (Phi) is 3.63. The Labute approximate surface area is 124 Å². The molecule has 0 saturated heterocycles. The Bertz CT molecular complexity index is 708. The van der Waals surface area contributed by atoms with Gasteiger partial charge in [0, 0.05) is 16.1 Å². The van der Waals surface area contributed by atoms with Gasteiger partial charge in [-0.2, -0.15) is 0 Å². The van der Waals surface area contributed by atoms with Crippen LogP contribution >= 0.6 is 11.3 Å². The number of halogens is 1. The van der Waals surface area contributed by atoms with Crippen molar-refractivity contribution in [1.29, 1.82) is 0 Å². The molecule has 1 amide bonds. The van der Waals surface area contributed by atoms with Gasteiger partial charge in [0.05, 0.1) is 0 Å². The van der Waals surface area contributed by atoms with Crippen molar-refractivity contribution in [3.05, 3.63) is 35.0 Å². The minimum absolute atomic E-state index is 0.220. The monoisotopic (exact) mass is 307 g/mol. The normalized spacial score (nSPS) is 15.7. The van der Waals surface area contributed by atoms with Crippen LogP contribution in [0.4, 0.5) is 4.39 Å². The molecule has 0 radical (unpaired) electrons. The molecule has 6 heteroatoms. The maximum Gasteiger partial charge on any atom is 0.349 e. The van der Waals surface area contributed by atoms with Gasteiger partial charge in [0.15, 0.2) is 6.10 Å². The van der Waals surface area contributed by atoms with Crippen molar-refractivity contribution in [3.8, 4) is 0 Å². The molecule has 0 bridgehead atoms. The molecule has 1 saturated carbocycles. The number of thiophene rings is 1. The Morgan fingerprint density at radius 1 is 1.43 bits per heavy atom. The van der Waals surface area contributed by atoms with Crippen molar-refractivity contribution in [1.82, 2.24) is 5.32 Å². The highest BCUT2D eigenvalue weighted by atomic mass is 32.1. The molecule has 1 aromatic carbocycles. The number of benzene rings is 1. The van der Waals surface area contributed by atoms with E-state index in [0.29, 0.717) is 15.0 Å². The molecule has 21 heavy (non-hydrogen) atoms. The number of carbonyl (C=O) groups excluding carboxylic acids is 2. The lowest BCUT2D eigenvalue weighted by molar-refractivity contribution is -0.129. The van der Waals surface area contributed by atoms with Crippen molar-refractivity contribution in [2.75, 3.05) is 0 Å². The summed E-state index contributed by atoms with van der Waals surface area (Å²) in [5, 5.41) is 3.17. The number of rotatable bonds is 4. The van der Waals surface area contributed by atoms with Gasteiger partial charge in [-0.05, 0) is 38.0 Å². The second-order valence-corrected chi connectivity index (χ2v) is 6.18. The van der Waals surface area contributed by atoms with Crippen LogP contribution in [-0.4, -0.2) is 24.0 Å². The Balaban J connectivity index is 1.71. The zero-order chi connectivity index (χ0) is 15.0. The van der Waals surface area contributed by atoms with Crippen molar-refractivity contribution in [2.24, 2.45) is 0 Å². The highest BCUT2D eigenvalue weighted by Crippen LogP contribution is 2.28. The summed E-state index contributed by atoms with van der Waals surface area (Å²) in [5.74, 6) is -1.27. The van der Waals surface area contributed by atoms with E-state index in [-0.39, 0.29) is 17.8 Å². The molecule has 1 aromatic heterocycles. The molecule has 1 heterocycles. The number of fused-ring (bicyclic) bond motifs is 1. The minimum atomic E-state index is -0.854. The van der Waals surface area contributed by atoms with Gasteiger partial charge in [-0.25, -0.2) is 9.18 Å². The first kappa shape index (κ1) is 14.0. The fourth-order valence-electron chi connectivity index (χ4n) is 1.94. The van der Waals surface area contributed by atoms with Crippen LogP contribution < -0.4 is 5.32 Å². The van der Waals surface area contributed by atoms with Crippen molar-refractivity contribution in [3.63, 3.8) is 0 Å². The zero-order valence-corrected chi connectivity index (χ0v) is 12.2. The number of amides is 1. The average Bonchev–Trinajstić information content (AvgIpc) is 3.14. The van der Waals surface area contributed by atoms with Gasteiger partial charge in [0.2, 0.25) is 0 Å². The first-order valence-electron chi connectivity index (χ1n) is 6.74. The van der Waals surface area contributed by atoms with Crippen LogP contribution in [-0.2, 0) is 9.53 Å². The van der Waals surface area contributed by atoms with Gasteiger partial charge in [-0.3, -0.25) is 4.79 Å². The third-order valence-electron chi connectivity index (χ3n) is 3.29. The third kappa shape index (κ3) is 3.05. The summed E-state index contributed by atoms with van der Waals surface area (Å²) in [6.45, 7) is 1.53.